The van der Waals surface area contributed by atoms with Crippen LogP contribution in [0.4, 0.5) is 0 Å². The van der Waals surface area contributed by atoms with Gasteiger partial charge in [-0.1, -0.05) is 35.5 Å². The van der Waals surface area contributed by atoms with E-state index in [9.17, 15) is 9.59 Å². The third-order valence-corrected chi connectivity index (χ3v) is 3.77. The average molecular weight is 344 g/mol. The zero-order valence-electron chi connectivity index (χ0n) is 13.9. The standard InChI is InChI=1S/C17H20N4O4/c1-2-24-17(23)14-8-15(25-20-14)16(22)19-13-9-18-21(11-13)10-12-6-4-3-5-7-12/h3-8,13,18H,2,9-11H2,1H3,(H,19,22). The van der Waals surface area contributed by atoms with Crippen LogP contribution in [0.2, 0.25) is 0 Å². The van der Waals surface area contributed by atoms with E-state index in [0.29, 0.717) is 13.1 Å². The maximum atomic E-state index is 12.2. The molecule has 1 amide bonds. The third kappa shape index (κ3) is 4.43. The number of ether oxygens (including phenoxy) is 1. The quantitative estimate of drug-likeness (QED) is 0.754. The molecular formula is C17H20N4O4. The number of benzene rings is 1. The Morgan fingerprint density at radius 3 is 2.96 bits per heavy atom. The van der Waals surface area contributed by atoms with Gasteiger partial charge in [0.15, 0.2) is 5.69 Å². The molecule has 0 spiro atoms. The molecule has 1 saturated heterocycles. The molecule has 1 aliphatic rings. The van der Waals surface area contributed by atoms with Crippen molar-refractivity contribution in [2.45, 2.75) is 19.5 Å². The smallest absolute Gasteiger partial charge is 0.360 e. The van der Waals surface area contributed by atoms with Crippen molar-refractivity contribution in [3.63, 3.8) is 0 Å². The van der Waals surface area contributed by atoms with Gasteiger partial charge in [0, 0.05) is 25.7 Å². The van der Waals surface area contributed by atoms with Gasteiger partial charge in [-0.25, -0.2) is 9.80 Å². The van der Waals surface area contributed by atoms with Crippen molar-refractivity contribution in [3.05, 3.63) is 53.4 Å². The van der Waals surface area contributed by atoms with Crippen LogP contribution in [-0.4, -0.2) is 47.8 Å². The number of hydrogen-bond donors (Lipinski definition) is 2. The summed E-state index contributed by atoms with van der Waals surface area (Å²) in [4.78, 5) is 23.8. The summed E-state index contributed by atoms with van der Waals surface area (Å²) in [5.41, 5.74) is 4.43. The van der Waals surface area contributed by atoms with Gasteiger partial charge in [0.05, 0.1) is 12.6 Å². The Hall–Kier alpha value is -2.71. The molecular weight excluding hydrogens is 324 g/mol. The van der Waals surface area contributed by atoms with E-state index in [2.05, 4.69) is 28.0 Å². The summed E-state index contributed by atoms with van der Waals surface area (Å²) in [6, 6.07) is 11.3. The summed E-state index contributed by atoms with van der Waals surface area (Å²) in [5, 5.41) is 8.48. The fourth-order valence-corrected chi connectivity index (χ4v) is 2.60. The van der Waals surface area contributed by atoms with E-state index in [4.69, 9.17) is 9.26 Å². The lowest BCUT2D eigenvalue weighted by molar-refractivity contribution is 0.0514. The lowest BCUT2D eigenvalue weighted by Gasteiger charge is -2.15. The Morgan fingerprint density at radius 1 is 1.40 bits per heavy atom. The third-order valence-electron chi connectivity index (χ3n) is 3.77. The number of carbonyl (C=O) groups excluding carboxylic acids is 2. The van der Waals surface area contributed by atoms with Gasteiger partial charge in [-0.2, -0.15) is 0 Å². The molecule has 3 rings (SSSR count). The highest BCUT2D eigenvalue weighted by molar-refractivity contribution is 5.95. The van der Waals surface area contributed by atoms with Crippen molar-refractivity contribution >= 4 is 11.9 Å². The van der Waals surface area contributed by atoms with E-state index >= 15 is 0 Å². The number of esters is 1. The zero-order chi connectivity index (χ0) is 17.6. The monoisotopic (exact) mass is 344 g/mol. The summed E-state index contributed by atoms with van der Waals surface area (Å²) < 4.78 is 9.75. The van der Waals surface area contributed by atoms with Gasteiger partial charge in [0.1, 0.15) is 0 Å². The molecule has 0 saturated carbocycles. The molecule has 0 aliphatic carbocycles. The van der Waals surface area contributed by atoms with Gasteiger partial charge in [0.25, 0.3) is 5.91 Å². The largest absolute Gasteiger partial charge is 0.461 e. The van der Waals surface area contributed by atoms with Gasteiger partial charge in [-0.3, -0.25) is 10.2 Å². The van der Waals surface area contributed by atoms with Crippen LogP contribution < -0.4 is 10.7 Å². The number of aromatic nitrogens is 1. The molecule has 25 heavy (non-hydrogen) atoms. The molecule has 1 unspecified atom stereocenters. The van der Waals surface area contributed by atoms with Crippen LogP contribution in [0.25, 0.3) is 0 Å². The lowest BCUT2D eigenvalue weighted by Crippen LogP contribution is -2.38. The number of hydrazine groups is 1. The molecule has 1 fully saturated rings. The molecule has 2 N–H and O–H groups in total. The summed E-state index contributed by atoms with van der Waals surface area (Å²) >= 11 is 0. The molecule has 2 aromatic rings. The van der Waals surface area contributed by atoms with Crippen LogP contribution in [0.15, 0.2) is 40.9 Å². The first kappa shape index (κ1) is 17.1. The summed E-state index contributed by atoms with van der Waals surface area (Å²) in [6.07, 6.45) is 0. The second kappa shape index (κ2) is 7.91. The second-order valence-corrected chi connectivity index (χ2v) is 5.70. The summed E-state index contributed by atoms with van der Waals surface area (Å²) in [5.74, 6) is -1.03. The van der Waals surface area contributed by atoms with Crippen molar-refractivity contribution < 1.29 is 18.8 Å². The van der Waals surface area contributed by atoms with Crippen molar-refractivity contribution in [1.82, 2.24) is 20.9 Å². The molecule has 1 aliphatic heterocycles. The maximum absolute atomic E-state index is 12.2. The Bertz CT molecular complexity index is 731. The minimum Gasteiger partial charge on any atom is -0.461 e. The van der Waals surface area contributed by atoms with E-state index in [1.165, 1.54) is 11.6 Å². The van der Waals surface area contributed by atoms with Gasteiger partial charge < -0.3 is 14.6 Å². The first-order chi connectivity index (χ1) is 12.2. The molecule has 1 atom stereocenters. The van der Waals surface area contributed by atoms with Crippen molar-refractivity contribution in [2.24, 2.45) is 0 Å². The van der Waals surface area contributed by atoms with Crippen LogP contribution in [0, 0.1) is 0 Å². The molecule has 0 radical (unpaired) electrons. The van der Waals surface area contributed by atoms with Crippen LogP contribution in [0.5, 0.6) is 0 Å². The number of nitrogens with one attached hydrogen (secondary N) is 2. The van der Waals surface area contributed by atoms with Crippen molar-refractivity contribution in [3.8, 4) is 0 Å². The van der Waals surface area contributed by atoms with Gasteiger partial charge >= 0.3 is 5.97 Å². The first-order valence-electron chi connectivity index (χ1n) is 8.12. The molecule has 1 aromatic carbocycles. The fraction of sp³-hybridized carbons (Fsp3) is 0.353. The van der Waals surface area contributed by atoms with Gasteiger partial charge in [0.2, 0.25) is 5.76 Å². The summed E-state index contributed by atoms with van der Waals surface area (Å²) in [6.45, 7) is 3.97. The zero-order valence-corrected chi connectivity index (χ0v) is 13.9. The normalized spacial score (nSPS) is 17.4. The lowest BCUT2D eigenvalue weighted by atomic mass is 10.2. The van der Waals surface area contributed by atoms with E-state index in [1.807, 2.05) is 23.2 Å². The minimum atomic E-state index is -0.609. The Labute approximate surface area is 145 Å². The predicted molar refractivity (Wildman–Crippen MR) is 88.6 cm³/mol. The molecule has 132 valence electrons. The van der Waals surface area contributed by atoms with Crippen molar-refractivity contribution in [1.29, 1.82) is 0 Å². The average Bonchev–Trinajstić information content (AvgIpc) is 3.26. The number of nitrogens with zero attached hydrogens (tertiary/aromatic N) is 2. The highest BCUT2D eigenvalue weighted by atomic mass is 16.5. The maximum Gasteiger partial charge on any atom is 0.360 e. The Morgan fingerprint density at radius 2 is 2.20 bits per heavy atom. The van der Waals surface area contributed by atoms with E-state index in [-0.39, 0.29) is 24.1 Å². The highest BCUT2D eigenvalue weighted by Crippen LogP contribution is 2.09. The molecule has 2 heterocycles. The fourth-order valence-electron chi connectivity index (χ4n) is 2.60. The van der Waals surface area contributed by atoms with E-state index in [0.717, 1.165) is 6.54 Å². The number of carbonyl (C=O) groups is 2. The SMILES string of the molecule is CCOC(=O)c1cc(C(=O)NC2CNN(Cc3ccccc3)C2)on1. The number of hydrogen-bond acceptors (Lipinski definition) is 7. The predicted octanol–water partition coefficient (Wildman–Crippen LogP) is 0.970. The minimum absolute atomic E-state index is 0.00966. The van der Waals surface area contributed by atoms with Gasteiger partial charge in [-0.15, -0.1) is 0 Å². The number of amides is 1. The van der Waals surface area contributed by atoms with Crippen LogP contribution >= 0.6 is 0 Å². The Kier molecular flexibility index (Phi) is 5.42. The molecule has 1 aromatic heterocycles. The Balaban J connectivity index is 1.51. The van der Waals surface area contributed by atoms with Crippen LogP contribution in [0.3, 0.4) is 0 Å². The van der Waals surface area contributed by atoms with Crippen LogP contribution in [-0.2, 0) is 11.3 Å². The molecule has 8 nitrogen and oxygen atoms in total. The van der Waals surface area contributed by atoms with Crippen LogP contribution in [0.1, 0.15) is 33.5 Å². The highest BCUT2D eigenvalue weighted by Gasteiger charge is 2.26. The molecule has 8 heteroatoms. The molecule has 0 bridgehead atoms. The summed E-state index contributed by atoms with van der Waals surface area (Å²) in [7, 11) is 0. The van der Waals surface area contributed by atoms with Gasteiger partial charge in [-0.05, 0) is 12.5 Å². The topological polar surface area (TPSA) is 96.7 Å². The van der Waals surface area contributed by atoms with E-state index < -0.39 is 11.9 Å². The van der Waals surface area contributed by atoms with Crippen molar-refractivity contribution in [2.75, 3.05) is 19.7 Å². The second-order valence-electron chi connectivity index (χ2n) is 5.70. The van der Waals surface area contributed by atoms with E-state index in [1.54, 1.807) is 6.92 Å². The first-order valence-corrected chi connectivity index (χ1v) is 8.12. The number of rotatable bonds is 6.